The number of hydrogen-bond acceptors (Lipinski definition) is 3. The van der Waals surface area contributed by atoms with Crippen LogP contribution in [0.25, 0.3) is 0 Å². The number of carboxylic acid groups (broad SMARTS) is 1. The first-order valence-corrected chi connectivity index (χ1v) is 7.70. The number of fused-ring (bicyclic) bond motifs is 2. The molecule has 1 heterocycles. The second-order valence-electron chi connectivity index (χ2n) is 6.46. The maximum Gasteiger partial charge on any atom is 0.323 e. The third kappa shape index (κ3) is 2.34. The molecule has 1 N–H and O–H groups in total. The van der Waals surface area contributed by atoms with E-state index in [2.05, 4.69) is 0 Å². The Labute approximate surface area is 129 Å². The van der Waals surface area contributed by atoms with Gasteiger partial charge in [-0.1, -0.05) is 18.2 Å². The lowest BCUT2D eigenvalue weighted by atomic mass is 9.87. The summed E-state index contributed by atoms with van der Waals surface area (Å²) in [5, 5.41) is 9.03. The molecule has 1 aliphatic carbocycles. The summed E-state index contributed by atoms with van der Waals surface area (Å²) in [7, 11) is 0. The van der Waals surface area contributed by atoms with Crippen molar-refractivity contribution in [2.45, 2.75) is 38.1 Å². The number of para-hydroxylation sites is 1. The normalized spacial score (nSPS) is 25.5. The highest BCUT2D eigenvalue weighted by molar-refractivity contribution is 5.88. The summed E-state index contributed by atoms with van der Waals surface area (Å²) in [6.45, 7) is 4.09. The summed E-state index contributed by atoms with van der Waals surface area (Å²) in [6.07, 6.45) is 1.61. The summed E-state index contributed by atoms with van der Waals surface area (Å²) in [5.41, 5.74) is 0.941. The molecular formula is C17H21NO4. The molecule has 0 aromatic heterocycles. The van der Waals surface area contributed by atoms with Crippen molar-refractivity contribution < 1.29 is 19.4 Å². The molecule has 5 heteroatoms. The van der Waals surface area contributed by atoms with Crippen molar-refractivity contribution in [2.24, 2.45) is 5.92 Å². The van der Waals surface area contributed by atoms with Crippen LogP contribution in [0.5, 0.6) is 5.75 Å². The number of nitrogens with zero attached hydrogens (tertiary/aromatic N) is 1. The van der Waals surface area contributed by atoms with Crippen LogP contribution in [-0.2, 0) is 15.0 Å². The zero-order valence-corrected chi connectivity index (χ0v) is 12.9. The standard InChI is InChI=1S/C17H21NO4/c1-11(2)18(10-15(19)20)16(21)13-9-17(13)7-8-22-14-6-4-3-5-12(14)17/h3-6,11,13H,7-10H2,1-2H3,(H,19,20)/t13-,17-/m1/s1. The van der Waals surface area contributed by atoms with Gasteiger partial charge in [0.05, 0.1) is 6.61 Å². The van der Waals surface area contributed by atoms with E-state index in [0.29, 0.717) is 6.61 Å². The number of aliphatic carboxylic acids is 1. The predicted octanol–water partition coefficient (Wildman–Crippen LogP) is 2.05. The molecule has 0 saturated heterocycles. The number of carbonyl (C=O) groups excluding carboxylic acids is 1. The summed E-state index contributed by atoms with van der Waals surface area (Å²) in [4.78, 5) is 25.3. The average Bonchev–Trinajstić information content (AvgIpc) is 3.19. The van der Waals surface area contributed by atoms with Crippen LogP contribution in [0.1, 0.15) is 32.3 Å². The minimum atomic E-state index is -0.968. The molecule has 0 radical (unpaired) electrons. The fourth-order valence-electron chi connectivity index (χ4n) is 3.55. The number of carboxylic acids is 1. The summed E-state index contributed by atoms with van der Waals surface area (Å²) < 4.78 is 5.68. The van der Waals surface area contributed by atoms with Gasteiger partial charge in [0.15, 0.2) is 0 Å². The molecule has 1 aromatic rings. The van der Waals surface area contributed by atoms with Crippen LogP contribution >= 0.6 is 0 Å². The molecule has 22 heavy (non-hydrogen) atoms. The van der Waals surface area contributed by atoms with Crippen molar-refractivity contribution in [3.05, 3.63) is 29.8 Å². The van der Waals surface area contributed by atoms with Crippen molar-refractivity contribution >= 4 is 11.9 Å². The van der Waals surface area contributed by atoms with Crippen molar-refractivity contribution in [3.63, 3.8) is 0 Å². The Balaban J connectivity index is 1.84. The molecule has 1 spiro atoms. The van der Waals surface area contributed by atoms with Crippen molar-refractivity contribution in [1.82, 2.24) is 4.90 Å². The Kier molecular flexibility index (Phi) is 3.59. The van der Waals surface area contributed by atoms with Crippen LogP contribution < -0.4 is 4.74 Å². The van der Waals surface area contributed by atoms with Crippen LogP contribution in [0, 0.1) is 5.92 Å². The Bertz CT molecular complexity index is 612. The molecule has 0 unspecified atom stereocenters. The summed E-state index contributed by atoms with van der Waals surface area (Å²) in [5.74, 6) is -0.282. The van der Waals surface area contributed by atoms with E-state index >= 15 is 0 Å². The van der Waals surface area contributed by atoms with Gasteiger partial charge in [0.2, 0.25) is 5.91 Å². The number of carbonyl (C=O) groups is 2. The smallest absolute Gasteiger partial charge is 0.323 e. The van der Waals surface area contributed by atoms with E-state index in [1.54, 1.807) is 0 Å². The summed E-state index contributed by atoms with van der Waals surface area (Å²) >= 11 is 0. The summed E-state index contributed by atoms with van der Waals surface area (Å²) in [6, 6.07) is 7.75. The lowest BCUT2D eigenvalue weighted by molar-refractivity contribution is -0.146. The van der Waals surface area contributed by atoms with E-state index in [1.165, 1.54) is 4.90 Å². The van der Waals surface area contributed by atoms with E-state index in [-0.39, 0.29) is 29.8 Å². The molecule has 2 atom stereocenters. The molecule has 1 aliphatic heterocycles. The highest BCUT2D eigenvalue weighted by atomic mass is 16.5. The first-order chi connectivity index (χ1) is 10.5. The van der Waals surface area contributed by atoms with E-state index in [1.807, 2.05) is 38.1 Å². The van der Waals surface area contributed by atoms with Gasteiger partial charge in [-0.25, -0.2) is 0 Å². The van der Waals surface area contributed by atoms with Crippen molar-refractivity contribution in [2.75, 3.05) is 13.2 Å². The first-order valence-electron chi connectivity index (χ1n) is 7.70. The number of rotatable bonds is 4. The second-order valence-corrected chi connectivity index (χ2v) is 6.46. The van der Waals surface area contributed by atoms with Gasteiger partial charge in [0.1, 0.15) is 12.3 Å². The van der Waals surface area contributed by atoms with Gasteiger partial charge in [-0.15, -0.1) is 0 Å². The third-order valence-corrected chi connectivity index (χ3v) is 4.81. The molecule has 0 bridgehead atoms. The van der Waals surface area contributed by atoms with Crippen LogP contribution in [0.15, 0.2) is 24.3 Å². The maximum absolute atomic E-state index is 12.8. The van der Waals surface area contributed by atoms with Crippen LogP contribution in [0.4, 0.5) is 0 Å². The molecular weight excluding hydrogens is 282 g/mol. The zero-order valence-electron chi connectivity index (χ0n) is 12.9. The fraction of sp³-hybridized carbons (Fsp3) is 0.529. The first kappa shape index (κ1) is 14.9. The minimum Gasteiger partial charge on any atom is -0.493 e. The number of amides is 1. The van der Waals surface area contributed by atoms with E-state index < -0.39 is 5.97 Å². The molecule has 1 aromatic carbocycles. The molecule has 1 amide bonds. The van der Waals surface area contributed by atoms with Gasteiger partial charge < -0.3 is 14.7 Å². The van der Waals surface area contributed by atoms with Crippen LogP contribution in [0.2, 0.25) is 0 Å². The van der Waals surface area contributed by atoms with Crippen LogP contribution in [-0.4, -0.2) is 41.1 Å². The minimum absolute atomic E-state index is 0.0471. The van der Waals surface area contributed by atoms with Gasteiger partial charge in [-0.05, 0) is 32.8 Å². The Morgan fingerprint density at radius 2 is 2.14 bits per heavy atom. The van der Waals surface area contributed by atoms with Gasteiger partial charge in [0, 0.05) is 22.9 Å². The van der Waals surface area contributed by atoms with Gasteiger partial charge in [-0.3, -0.25) is 9.59 Å². The van der Waals surface area contributed by atoms with E-state index in [4.69, 9.17) is 9.84 Å². The molecule has 3 rings (SSSR count). The molecule has 5 nitrogen and oxygen atoms in total. The predicted molar refractivity (Wildman–Crippen MR) is 80.8 cm³/mol. The van der Waals surface area contributed by atoms with Crippen molar-refractivity contribution in [3.8, 4) is 5.75 Å². The Morgan fingerprint density at radius 1 is 1.41 bits per heavy atom. The monoisotopic (exact) mass is 303 g/mol. The van der Waals surface area contributed by atoms with E-state index in [0.717, 1.165) is 24.2 Å². The van der Waals surface area contributed by atoms with E-state index in [9.17, 15) is 9.59 Å². The molecule has 118 valence electrons. The number of hydrogen-bond donors (Lipinski definition) is 1. The third-order valence-electron chi connectivity index (χ3n) is 4.81. The number of ether oxygens (including phenoxy) is 1. The Hall–Kier alpha value is -2.04. The highest BCUT2D eigenvalue weighted by Crippen LogP contribution is 2.61. The average molecular weight is 303 g/mol. The fourth-order valence-corrected chi connectivity index (χ4v) is 3.55. The Morgan fingerprint density at radius 3 is 2.82 bits per heavy atom. The maximum atomic E-state index is 12.8. The van der Waals surface area contributed by atoms with Gasteiger partial charge >= 0.3 is 5.97 Å². The quantitative estimate of drug-likeness (QED) is 0.924. The lowest BCUT2D eigenvalue weighted by Crippen LogP contribution is -2.43. The van der Waals surface area contributed by atoms with Crippen LogP contribution in [0.3, 0.4) is 0 Å². The lowest BCUT2D eigenvalue weighted by Gasteiger charge is -2.29. The highest BCUT2D eigenvalue weighted by Gasteiger charge is 2.61. The number of benzene rings is 1. The topological polar surface area (TPSA) is 66.8 Å². The molecule has 1 saturated carbocycles. The molecule has 2 aliphatic rings. The SMILES string of the molecule is CC(C)N(CC(=O)O)C(=O)[C@H]1C[C@@]12CCOc1ccccc12. The van der Waals surface area contributed by atoms with Crippen molar-refractivity contribution in [1.29, 1.82) is 0 Å². The largest absolute Gasteiger partial charge is 0.493 e. The molecule has 1 fully saturated rings. The van der Waals surface area contributed by atoms with Gasteiger partial charge in [0.25, 0.3) is 0 Å². The van der Waals surface area contributed by atoms with Gasteiger partial charge in [-0.2, -0.15) is 0 Å². The second kappa shape index (κ2) is 5.30. The zero-order chi connectivity index (χ0) is 15.9.